The fourth-order valence-electron chi connectivity index (χ4n) is 11.3. The monoisotopic (exact) mass is 1380 g/mol. The molecule has 558 valence electrons. The van der Waals surface area contributed by atoms with E-state index >= 15 is 0 Å². The summed E-state index contributed by atoms with van der Waals surface area (Å²) in [5.74, 6) is 0.950. The van der Waals surface area contributed by atoms with E-state index in [9.17, 15) is 43.2 Å². The van der Waals surface area contributed by atoms with E-state index in [0.717, 1.165) is 114 Å². The molecule has 0 heterocycles. The summed E-state index contributed by atoms with van der Waals surface area (Å²) in [5.41, 5.74) is 0. The molecule has 6 atom stereocenters. The number of carbonyl (C=O) groups is 4. The van der Waals surface area contributed by atoms with Crippen molar-refractivity contribution in [2.24, 2.45) is 23.7 Å². The molecule has 0 aliphatic rings. The van der Waals surface area contributed by atoms with E-state index in [-0.39, 0.29) is 25.7 Å². The lowest BCUT2D eigenvalue weighted by Crippen LogP contribution is -2.30. The van der Waals surface area contributed by atoms with Gasteiger partial charge >= 0.3 is 39.5 Å². The van der Waals surface area contributed by atoms with Crippen molar-refractivity contribution in [1.82, 2.24) is 0 Å². The zero-order chi connectivity index (χ0) is 69.6. The molecule has 0 aliphatic carbocycles. The Morgan fingerprint density at radius 1 is 0.298 bits per heavy atom. The third kappa shape index (κ3) is 67.3. The van der Waals surface area contributed by atoms with Gasteiger partial charge in [0, 0.05) is 25.7 Å². The molecule has 0 aromatic carbocycles. The Balaban J connectivity index is 5.27. The predicted octanol–water partition coefficient (Wildman–Crippen LogP) is 21.7. The fourth-order valence-corrected chi connectivity index (χ4v) is 12.9. The molecule has 0 aromatic heterocycles. The molecule has 0 fully saturated rings. The number of carbonyl (C=O) groups excluding carboxylic acids is 4. The van der Waals surface area contributed by atoms with Gasteiger partial charge in [-0.25, -0.2) is 9.13 Å². The van der Waals surface area contributed by atoms with Crippen LogP contribution in [0.25, 0.3) is 0 Å². The Bertz CT molecular complexity index is 1850. The summed E-state index contributed by atoms with van der Waals surface area (Å²) in [6.45, 7) is 14.2. The second-order valence-electron chi connectivity index (χ2n) is 28.7. The van der Waals surface area contributed by atoms with Gasteiger partial charge in [-0.2, -0.15) is 0 Å². The normalized spacial score (nSPS) is 14.4. The maximum Gasteiger partial charge on any atom is 0.472 e. The zero-order valence-corrected chi connectivity index (χ0v) is 63.4. The van der Waals surface area contributed by atoms with Crippen LogP contribution >= 0.6 is 15.6 Å². The van der Waals surface area contributed by atoms with Crippen LogP contribution in [0.4, 0.5) is 0 Å². The molecule has 94 heavy (non-hydrogen) atoms. The Hall–Kier alpha value is -1.94. The molecule has 0 bridgehead atoms. The summed E-state index contributed by atoms with van der Waals surface area (Å²) >= 11 is 0. The molecule has 0 amide bonds. The summed E-state index contributed by atoms with van der Waals surface area (Å²) in [7, 11) is -9.91. The topological polar surface area (TPSA) is 237 Å². The van der Waals surface area contributed by atoms with E-state index in [4.69, 9.17) is 37.0 Å². The summed E-state index contributed by atoms with van der Waals surface area (Å²) < 4.78 is 68.5. The van der Waals surface area contributed by atoms with Gasteiger partial charge in [-0.05, 0) is 49.4 Å². The van der Waals surface area contributed by atoms with Gasteiger partial charge < -0.3 is 33.8 Å². The third-order valence-corrected chi connectivity index (χ3v) is 19.6. The molecule has 3 unspecified atom stereocenters. The van der Waals surface area contributed by atoms with Gasteiger partial charge in [-0.1, -0.05) is 325 Å². The Labute approximate surface area is 575 Å². The van der Waals surface area contributed by atoms with E-state index in [1.54, 1.807) is 0 Å². The fraction of sp³-hybridized carbons (Fsp3) is 0.947. The molecular formula is C75H146O17P2. The highest BCUT2D eigenvalue weighted by atomic mass is 31.2. The molecule has 0 spiro atoms. The molecule has 3 N–H and O–H groups in total. The highest BCUT2D eigenvalue weighted by molar-refractivity contribution is 7.47. The lowest BCUT2D eigenvalue weighted by Gasteiger charge is -2.21. The van der Waals surface area contributed by atoms with Crippen LogP contribution in [0.1, 0.15) is 376 Å². The first-order valence-corrected chi connectivity index (χ1v) is 41.7. The quantitative estimate of drug-likeness (QED) is 0.0222. The van der Waals surface area contributed by atoms with Crippen molar-refractivity contribution < 1.29 is 80.2 Å². The third-order valence-electron chi connectivity index (χ3n) is 17.7. The molecular weight excluding hydrogens is 1230 g/mol. The van der Waals surface area contributed by atoms with Gasteiger partial charge in [0.2, 0.25) is 0 Å². The van der Waals surface area contributed by atoms with Crippen LogP contribution in [0, 0.1) is 23.7 Å². The van der Waals surface area contributed by atoms with Crippen molar-refractivity contribution in [3.05, 3.63) is 0 Å². The minimum absolute atomic E-state index is 0.104. The SMILES string of the molecule is CCC(C)CCCCCCCCCCC(=O)OC[C@H](COP(=O)(O)OC[C@H](O)COP(=O)(O)OC[C@@H](COC(=O)CCCCCCCCCCCCCC(C)C)OC(=O)CCCCCCCCCCCCCCCC(C)C)OC(=O)CCCCCCCCCCCC(C)C. The van der Waals surface area contributed by atoms with E-state index in [2.05, 4.69) is 55.4 Å². The highest BCUT2D eigenvalue weighted by Gasteiger charge is 2.30. The number of phosphoric ester groups is 2. The number of aliphatic hydroxyl groups is 1. The first kappa shape index (κ1) is 92.1. The highest BCUT2D eigenvalue weighted by Crippen LogP contribution is 2.45. The number of esters is 4. The van der Waals surface area contributed by atoms with Crippen LogP contribution in [0.15, 0.2) is 0 Å². The minimum atomic E-state index is -4.96. The summed E-state index contributed by atoms with van der Waals surface area (Å²) in [5, 5.41) is 10.6. The smallest absolute Gasteiger partial charge is 0.462 e. The van der Waals surface area contributed by atoms with Crippen LogP contribution in [0.5, 0.6) is 0 Å². The van der Waals surface area contributed by atoms with E-state index in [1.807, 2.05) is 0 Å². The average Bonchev–Trinajstić information content (AvgIpc) is 2.15. The minimum Gasteiger partial charge on any atom is -0.462 e. The first-order chi connectivity index (χ1) is 45.1. The zero-order valence-electron chi connectivity index (χ0n) is 61.6. The van der Waals surface area contributed by atoms with Crippen molar-refractivity contribution in [2.45, 2.75) is 395 Å². The second-order valence-corrected chi connectivity index (χ2v) is 31.6. The van der Waals surface area contributed by atoms with Crippen LogP contribution in [-0.4, -0.2) is 96.7 Å². The maximum atomic E-state index is 13.1. The Morgan fingerprint density at radius 3 is 0.755 bits per heavy atom. The van der Waals surface area contributed by atoms with Gasteiger partial charge in [0.1, 0.15) is 19.3 Å². The summed E-state index contributed by atoms with van der Waals surface area (Å²) in [6, 6.07) is 0. The second kappa shape index (κ2) is 64.4. The lowest BCUT2D eigenvalue weighted by molar-refractivity contribution is -0.161. The summed E-state index contributed by atoms with van der Waals surface area (Å²) in [6.07, 6.45) is 48.5. The molecule has 0 rings (SSSR count). The van der Waals surface area contributed by atoms with Crippen LogP contribution in [-0.2, 0) is 65.4 Å². The van der Waals surface area contributed by atoms with Gasteiger partial charge in [-0.3, -0.25) is 37.3 Å². The van der Waals surface area contributed by atoms with Gasteiger partial charge in [0.15, 0.2) is 12.2 Å². The molecule has 0 saturated heterocycles. The standard InChI is InChI=1S/C75H146O17P2/c1-9-68(8)54-46-38-30-25-26-32-40-48-56-73(78)86-62-71(92-75(80)58-50-42-34-24-18-21-29-37-45-53-67(6)7)64-90-94(83,84)88-60-69(76)59-87-93(81,82)89-63-70(61-85-72(77)55-47-39-31-22-17-13-15-20-28-36-44-52-66(4)5)91-74(79)57-49-41-33-23-16-12-10-11-14-19-27-35-43-51-65(2)3/h65-71,76H,9-64H2,1-8H3,(H,81,82)(H,83,84)/t68?,69-,70-,71-/m1/s1. The number of hydrogen-bond acceptors (Lipinski definition) is 15. The van der Waals surface area contributed by atoms with Crippen molar-refractivity contribution in [3.63, 3.8) is 0 Å². The predicted molar refractivity (Wildman–Crippen MR) is 381 cm³/mol. The van der Waals surface area contributed by atoms with Crippen molar-refractivity contribution in [3.8, 4) is 0 Å². The molecule has 19 heteroatoms. The van der Waals surface area contributed by atoms with Crippen LogP contribution < -0.4 is 0 Å². The average molecular weight is 1380 g/mol. The van der Waals surface area contributed by atoms with Crippen molar-refractivity contribution >= 4 is 39.5 Å². The Kier molecular flexibility index (Phi) is 63.1. The van der Waals surface area contributed by atoms with Crippen LogP contribution in [0.3, 0.4) is 0 Å². The molecule has 17 nitrogen and oxygen atoms in total. The van der Waals surface area contributed by atoms with Crippen molar-refractivity contribution in [2.75, 3.05) is 39.6 Å². The lowest BCUT2D eigenvalue weighted by atomic mass is 9.99. The molecule has 0 aliphatic heterocycles. The number of hydrogen-bond donors (Lipinski definition) is 3. The molecule has 0 radical (unpaired) electrons. The van der Waals surface area contributed by atoms with E-state index < -0.39 is 97.5 Å². The number of phosphoric acid groups is 2. The Morgan fingerprint density at radius 2 is 0.511 bits per heavy atom. The van der Waals surface area contributed by atoms with E-state index in [0.29, 0.717) is 25.7 Å². The van der Waals surface area contributed by atoms with Gasteiger partial charge in [0.25, 0.3) is 0 Å². The molecule has 0 saturated carbocycles. The molecule has 0 aromatic rings. The maximum absolute atomic E-state index is 13.1. The first-order valence-electron chi connectivity index (χ1n) is 38.7. The van der Waals surface area contributed by atoms with E-state index in [1.165, 1.54) is 180 Å². The van der Waals surface area contributed by atoms with Gasteiger partial charge in [-0.15, -0.1) is 0 Å². The number of aliphatic hydroxyl groups excluding tert-OH is 1. The van der Waals surface area contributed by atoms with Crippen molar-refractivity contribution in [1.29, 1.82) is 0 Å². The van der Waals surface area contributed by atoms with Crippen LogP contribution in [0.2, 0.25) is 0 Å². The number of rotatable bonds is 72. The number of ether oxygens (including phenoxy) is 4. The number of unbranched alkanes of at least 4 members (excludes halogenated alkanes) is 37. The summed E-state index contributed by atoms with van der Waals surface area (Å²) in [4.78, 5) is 72.8. The van der Waals surface area contributed by atoms with Gasteiger partial charge in [0.05, 0.1) is 26.4 Å². The largest absolute Gasteiger partial charge is 0.472 e.